The molecule has 0 atom stereocenters. The second kappa shape index (κ2) is 8.58. The lowest BCUT2D eigenvalue weighted by atomic mass is 9.48. The normalized spacial score (nSPS) is 26.4. The Balaban J connectivity index is 1.27. The number of amides is 1. The van der Waals surface area contributed by atoms with Gasteiger partial charge in [0, 0.05) is 12.4 Å². The topological polar surface area (TPSA) is 129 Å². The highest BCUT2D eigenvalue weighted by atomic mass is 16.3. The van der Waals surface area contributed by atoms with Crippen LogP contribution >= 0.6 is 0 Å². The van der Waals surface area contributed by atoms with Crippen LogP contribution in [0.4, 0.5) is 0 Å². The third-order valence-electron chi connectivity index (χ3n) is 8.18. The molecule has 3 aromatic rings. The number of hydrogen-bond acceptors (Lipinski definition) is 6. The summed E-state index contributed by atoms with van der Waals surface area (Å²) in [4.78, 5) is 43.2. The number of aromatic hydroxyl groups is 1. The Kier molecular flexibility index (Phi) is 5.35. The van der Waals surface area contributed by atoms with Gasteiger partial charge in [0.2, 0.25) is 5.88 Å². The third kappa shape index (κ3) is 3.84. The average molecular weight is 486 g/mol. The predicted octanol–water partition coefficient (Wildman–Crippen LogP) is 2.86. The second-order valence-electron chi connectivity index (χ2n) is 10.5. The van der Waals surface area contributed by atoms with Crippen molar-refractivity contribution in [3.8, 4) is 11.6 Å². The number of carbonyl (C=O) groups is 1. The zero-order valence-corrected chi connectivity index (χ0v) is 19.7. The van der Waals surface area contributed by atoms with Gasteiger partial charge in [-0.2, -0.15) is 5.10 Å². The molecule has 2 heterocycles. The van der Waals surface area contributed by atoms with E-state index in [-0.39, 0.29) is 16.5 Å². The van der Waals surface area contributed by atoms with E-state index < -0.39 is 23.0 Å². The summed E-state index contributed by atoms with van der Waals surface area (Å²) in [5.74, 6) is 1.39. The summed E-state index contributed by atoms with van der Waals surface area (Å²) in [5, 5.41) is 14.6. The largest absolute Gasteiger partial charge is 0.493 e. The molecule has 9 nitrogen and oxygen atoms in total. The highest BCUT2D eigenvalue weighted by Gasteiger charge is 2.51. The minimum atomic E-state index is -0.807. The number of aromatic nitrogens is 3. The van der Waals surface area contributed by atoms with E-state index in [4.69, 9.17) is 0 Å². The first-order valence-electron chi connectivity index (χ1n) is 12.3. The van der Waals surface area contributed by atoms with Gasteiger partial charge >= 0.3 is 5.69 Å². The van der Waals surface area contributed by atoms with Gasteiger partial charge in [0.05, 0.1) is 17.5 Å². The van der Waals surface area contributed by atoms with E-state index in [0.717, 1.165) is 28.5 Å². The van der Waals surface area contributed by atoms with Crippen LogP contribution in [0.3, 0.4) is 0 Å². The zero-order valence-electron chi connectivity index (χ0n) is 19.7. The van der Waals surface area contributed by atoms with Crippen LogP contribution in [0.15, 0.2) is 63.5 Å². The van der Waals surface area contributed by atoms with Crippen LogP contribution in [0, 0.1) is 17.8 Å². The fraction of sp³-hybridized carbons (Fsp3) is 0.370. The maximum absolute atomic E-state index is 12.6. The monoisotopic (exact) mass is 485 g/mol. The first-order valence-corrected chi connectivity index (χ1v) is 12.3. The number of aromatic amines is 1. The Morgan fingerprint density at radius 1 is 1.08 bits per heavy atom. The van der Waals surface area contributed by atoms with Crippen LogP contribution in [0.25, 0.3) is 5.69 Å². The summed E-state index contributed by atoms with van der Waals surface area (Å²) in [7, 11) is 0. The van der Waals surface area contributed by atoms with Crippen molar-refractivity contribution in [2.24, 2.45) is 22.9 Å². The number of carbonyl (C=O) groups excluding carboxylic acids is 1. The number of hydrogen-bond donors (Lipinski definition) is 3. The minimum absolute atomic E-state index is 0.218. The van der Waals surface area contributed by atoms with Crippen molar-refractivity contribution in [2.75, 3.05) is 0 Å². The van der Waals surface area contributed by atoms with Crippen molar-refractivity contribution in [3.63, 3.8) is 0 Å². The number of pyridine rings is 1. The quantitative estimate of drug-likeness (QED) is 0.378. The van der Waals surface area contributed by atoms with Crippen molar-refractivity contribution in [3.05, 3.63) is 86.3 Å². The van der Waals surface area contributed by atoms with Gasteiger partial charge in [0.1, 0.15) is 5.56 Å². The van der Waals surface area contributed by atoms with E-state index in [1.165, 1.54) is 56.5 Å². The van der Waals surface area contributed by atoms with Crippen LogP contribution in [0.2, 0.25) is 0 Å². The molecule has 0 radical (unpaired) electrons. The van der Waals surface area contributed by atoms with Gasteiger partial charge in [0.25, 0.3) is 11.5 Å². The lowest BCUT2D eigenvalue weighted by Gasteiger charge is -2.57. The Morgan fingerprint density at radius 3 is 2.36 bits per heavy atom. The lowest BCUT2D eigenvalue weighted by molar-refractivity contribution is -0.00518. The number of H-pyrrole nitrogens is 1. The first kappa shape index (κ1) is 22.5. The molecular formula is C27H27N5O4. The molecule has 184 valence electrons. The van der Waals surface area contributed by atoms with E-state index in [1.54, 1.807) is 12.1 Å². The fourth-order valence-corrected chi connectivity index (χ4v) is 7.04. The zero-order chi connectivity index (χ0) is 24.9. The average Bonchev–Trinajstić information content (AvgIpc) is 2.86. The molecule has 4 aliphatic rings. The van der Waals surface area contributed by atoms with Crippen LogP contribution in [-0.4, -0.2) is 31.8 Å². The molecule has 4 fully saturated rings. The molecule has 3 N–H and O–H groups in total. The van der Waals surface area contributed by atoms with E-state index in [9.17, 15) is 19.5 Å². The summed E-state index contributed by atoms with van der Waals surface area (Å²) in [6.07, 6.45) is 11.7. The first-order chi connectivity index (χ1) is 17.4. The van der Waals surface area contributed by atoms with Crippen LogP contribution in [0.5, 0.6) is 5.88 Å². The Hall–Kier alpha value is -4.01. The molecule has 4 saturated carbocycles. The predicted molar refractivity (Wildman–Crippen MR) is 133 cm³/mol. The molecule has 1 aromatic carbocycles. The van der Waals surface area contributed by atoms with Crippen molar-refractivity contribution >= 4 is 12.1 Å². The number of rotatable bonds is 5. The second-order valence-corrected chi connectivity index (χ2v) is 10.5. The highest BCUT2D eigenvalue weighted by molar-refractivity contribution is 5.94. The van der Waals surface area contributed by atoms with Crippen molar-refractivity contribution in [1.29, 1.82) is 0 Å². The van der Waals surface area contributed by atoms with Crippen molar-refractivity contribution in [2.45, 2.75) is 43.9 Å². The number of nitrogens with one attached hydrogen (secondary N) is 2. The molecule has 9 heteroatoms. The minimum Gasteiger partial charge on any atom is -0.493 e. The van der Waals surface area contributed by atoms with E-state index in [1.807, 2.05) is 12.1 Å². The van der Waals surface area contributed by atoms with Crippen LogP contribution in [0.1, 0.15) is 60.0 Å². The summed E-state index contributed by atoms with van der Waals surface area (Å²) >= 11 is 0. The summed E-state index contributed by atoms with van der Waals surface area (Å²) in [6.45, 7) is 0. The number of benzene rings is 1. The Morgan fingerprint density at radius 2 is 1.75 bits per heavy atom. The van der Waals surface area contributed by atoms with E-state index in [0.29, 0.717) is 5.69 Å². The summed E-state index contributed by atoms with van der Waals surface area (Å²) < 4.78 is 1.04. The summed E-state index contributed by atoms with van der Waals surface area (Å²) in [5.41, 5.74) is 2.72. The van der Waals surface area contributed by atoms with Gasteiger partial charge in [-0.1, -0.05) is 12.1 Å². The molecule has 0 saturated heterocycles. The van der Waals surface area contributed by atoms with Gasteiger partial charge < -0.3 is 5.11 Å². The molecular weight excluding hydrogens is 458 g/mol. The number of hydrazone groups is 1. The number of nitrogens with zero attached hydrogens (tertiary/aromatic N) is 3. The lowest BCUT2D eigenvalue weighted by Crippen LogP contribution is -2.48. The molecule has 0 unspecified atom stereocenters. The molecule has 2 aromatic heterocycles. The van der Waals surface area contributed by atoms with Crippen molar-refractivity contribution in [1.82, 2.24) is 20.0 Å². The standard InChI is InChI=1S/C27H27N5O4/c33-23(19-2-1-7-28-14-19)31-29-15-22-24(34)30-26(36)32(25(22)35)21-5-3-20(4-6-21)27-11-16-8-17(12-27)10-18(9-16)13-27/h1-7,14-18,35H,8-13H2,(H,31,33)(H,30,34,36)/b29-15+. The highest BCUT2D eigenvalue weighted by Crippen LogP contribution is 2.60. The fourth-order valence-electron chi connectivity index (χ4n) is 7.04. The molecule has 0 spiro atoms. The maximum Gasteiger partial charge on any atom is 0.335 e. The SMILES string of the molecule is O=C(N/N=C/c1c(O)n(-c2ccc(C34CC5CC(CC(C5)C3)C4)cc2)c(=O)[nH]c1=O)c1cccnc1. The molecule has 36 heavy (non-hydrogen) atoms. The molecule has 0 aliphatic heterocycles. The molecule has 1 amide bonds. The van der Waals surface area contributed by atoms with E-state index >= 15 is 0 Å². The van der Waals surface area contributed by atoms with Crippen LogP contribution in [-0.2, 0) is 5.41 Å². The van der Waals surface area contributed by atoms with Gasteiger partial charge in [-0.25, -0.2) is 14.8 Å². The molecule has 7 rings (SSSR count). The van der Waals surface area contributed by atoms with Gasteiger partial charge in [-0.05, 0) is 91.5 Å². The van der Waals surface area contributed by atoms with E-state index in [2.05, 4.69) is 32.6 Å². The van der Waals surface area contributed by atoms with Gasteiger partial charge in [-0.15, -0.1) is 0 Å². The maximum atomic E-state index is 12.6. The van der Waals surface area contributed by atoms with Gasteiger partial charge in [-0.3, -0.25) is 19.6 Å². The third-order valence-corrected chi connectivity index (χ3v) is 8.18. The molecule has 4 bridgehead atoms. The summed E-state index contributed by atoms with van der Waals surface area (Å²) in [6, 6.07) is 10.9. The Labute approximate surface area is 206 Å². The van der Waals surface area contributed by atoms with Gasteiger partial charge in [0.15, 0.2) is 0 Å². The smallest absolute Gasteiger partial charge is 0.335 e. The van der Waals surface area contributed by atoms with Crippen molar-refractivity contribution < 1.29 is 9.90 Å². The molecule has 4 aliphatic carbocycles. The Bertz CT molecular complexity index is 1420. The van der Waals surface area contributed by atoms with Crippen LogP contribution < -0.4 is 16.7 Å².